The van der Waals surface area contributed by atoms with Gasteiger partial charge in [-0.15, -0.1) is 0 Å². The molecule has 1 N–H and O–H groups in total. The number of hydrogen-bond donors (Lipinski definition) is 1. The lowest BCUT2D eigenvalue weighted by atomic mass is 9.83. The fourth-order valence-electron chi connectivity index (χ4n) is 2.36. The zero-order valence-electron chi connectivity index (χ0n) is 13.4. The molecule has 0 atom stereocenters. The van der Waals surface area contributed by atoms with E-state index in [4.69, 9.17) is 4.74 Å². The molecule has 0 aromatic heterocycles. The monoisotopic (exact) mass is 327 g/mol. The minimum atomic E-state index is -0.584. The molecule has 0 unspecified atom stereocenters. The van der Waals surface area contributed by atoms with Crippen molar-refractivity contribution < 1.29 is 9.53 Å². The van der Waals surface area contributed by atoms with Gasteiger partial charge in [-0.2, -0.15) is 11.8 Å². The molecule has 1 aliphatic rings. The lowest BCUT2D eigenvalue weighted by molar-refractivity contribution is -0.120. The third kappa shape index (κ3) is 3.70. The van der Waals surface area contributed by atoms with E-state index in [9.17, 15) is 4.79 Å². The van der Waals surface area contributed by atoms with Crippen molar-refractivity contribution in [2.24, 2.45) is 0 Å². The van der Waals surface area contributed by atoms with Crippen LogP contribution >= 0.6 is 11.8 Å². The van der Waals surface area contributed by atoms with Gasteiger partial charge in [-0.25, -0.2) is 0 Å². The summed E-state index contributed by atoms with van der Waals surface area (Å²) in [4.78, 5) is 12.6. The summed E-state index contributed by atoms with van der Waals surface area (Å²) in [5, 5.41) is 2.99. The van der Waals surface area contributed by atoms with Crippen molar-refractivity contribution in [3.8, 4) is 5.75 Å². The van der Waals surface area contributed by atoms with Crippen molar-refractivity contribution >= 4 is 23.4 Å². The topological polar surface area (TPSA) is 38.3 Å². The van der Waals surface area contributed by atoms with Crippen molar-refractivity contribution in [3.05, 3.63) is 60.2 Å². The Hall–Kier alpha value is -1.94. The second-order valence-corrected chi connectivity index (χ2v) is 7.32. The number of rotatable bonds is 5. The fourth-order valence-corrected chi connectivity index (χ4v) is 2.93. The molecule has 1 aliphatic heterocycles. The van der Waals surface area contributed by atoms with Crippen molar-refractivity contribution in [1.82, 2.24) is 0 Å². The molecule has 0 radical (unpaired) electrons. The van der Waals surface area contributed by atoms with E-state index in [1.54, 1.807) is 0 Å². The fraction of sp³-hybridized carbons (Fsp3) is 0.316. The number of ether oxygens (including phenoxy) is 1. The average Bonchev–Trinajstić information content (AvgIpc) is 2.53. The van der Waals surface area contributed by atoms with Crippen LogP contribution in [0.1, 0.15) is 19.4 Å². The highest BCUT2D eigenvalue weighted by Crippen LogP contribution is 2.27. The molecule has 2 aromatic carbocycles. The second-order valence-electron chi connectivity index (χ2n) is 6.25. The Balaban J connectivity index is 1.65. The Labute approximate surface area is 141 Å². The molecule has 0 spiro atoms. The van der Waals surface area contributed by atoms with Gasteiger partial charge in [-0.1, -0.05) is 30.3 Å². The summed E-state index contributed by atoms with van der Waals surface area (Å²) in [7, 11) is 0. The van der Waals surface area contributed by atoms with Gasteiger partial charge in [0.15, 0.2) is 0 Å². The molecule has 0 saturated carbocycles. The number of nitrogens with one attached hydrogen (secondary N) is 1. The molecule has 0 aliphatic carbocycles. The highest BCUT2D eigenvalue weighted by Gasteiger charge is 2.29. The molecule has 1 fully saturated rings. The first-order valence-electron chi connectivity index (χ1n) is 7.77. The van der Waals surface area contributed by atoms with Crippen LogP contribution < -0.4 is 10.1 Å². The van der Waals surface area contributed by atoms with Gasteiger partial charge in [0.1, 0.15) is 11.9 Å². The second kappa shape index (κ2) is 6.67. The summed E-state index contributed by atoms with van der Waals surface area (Å²) in [5.41, 5.74) is 1.20. The molecule has 2 aromatic rings. The van der Waals surface area contributed by atoms with Gasteiger partial charge in [0, 0.05) is 17.2 Å². The zero-order valence-corrected chi connectivity index (χ0v) is 14.2. The quantitative estimate of drug-likeness (QED) is 0.898. The van der Waals surface area contributed by atoms with Crippen LogP contribution in [0.25, 0.3) is 0 Å². The Morgan fingerprint density at radius 3 is 2.30 bits per heavy atom. The Kier molecular flexibility index (Phi) is 4.62. The SMILES string of the molecule is CC(C)(C(=O)Nc1ccc(OC2CSC2)cc1)c1ccccc1. The van der Waals surface area contributed by atoms with Crippen molar-refractivity contribution in [1.29, 1.82) is 0 Å². The third-order valence-electron chi connectivity index (χ3n) is 4.09. The Morgan fingerprint density at radius 2 is 1.74 bits per heavy atom. The van der Waals surface area contributed by atoms with Crippen LogP contribution in [-0.4, -0.2) is 23.5 Å². The number of benzene rings is 2. The van der Waals surface area contributed by atoms with Crippen molar-refractivity contribution in [3.63, 3.8) is 0 Å². The van der Waals surface area contributed by atoms with Gasteiger partial charge in [-0.3, -0.25) is 4.79 Å². The molecule has 3 nitrogen and oxygen atoms in total. The van der Waals surface area contributed by atoms with Gasteiger partial charge < -0.3 is 10.1 Å². The minimum Gasteiger partial charge on any atom is -0.489 e. The van der Waals surface area contributed by atoms with Gasteiger partial charge in [-0.05, 0) is 43.7 Å². The van der Waals surface area contributed by atoms with E-state index in [-0.39, 0.29) is 5.91 Å². The van der Waals surface area contributed by atoms with E-state index in [0.717, 1.165) is 28.5 Å². The van der Waals surface area contributed by atoms with Crippen molar-refractivity contribution in [2.45, 2.75) is 25.4 Å². The first kappa shape index (κ1) is 15.9. The third-order valence-corrected chi connectivity index (χ3v) is 5.30. The predicted octanol–water partition coefficient (Wildman–Crippen LogP) is 4.10. The van der Waals surface area contributed by atoms with Crippen LogP contribution in [0.5, 0.6) is 5.75 Å². The molecule has 23 heavy (non-hydrogen) atoms. The number of carbonyl (C=O) groups is 1. The van der Waals surface area contributed by atoms with Crippen LogP contribution in [0.4, 0.5) is 5.69 Å². The lowest BCUT2D eigenvalue weighted by Gasteiger charge is -2.26. The van der Waals surface area contributed by atoms with Crippen LogP contribution in [0.3, 0.4) is 0 Å². The highest BCUT2D eigenvalue weighted by molar-refractivity contribution is 8.00. The van der Waals surface area contributed by atoms with Crippen LogP contribution in [0.2, 0.25) is 0 Å². The van der Waals surface area contributed by atoms with Crippen LogP contribution in [0, 0.1) is 0 Å². The summed E-state index contributed by atoms with van der Waals surface area (Å²) in [6.07, 6.45) is 0.331. The van der Waals surface area contributed by atoms with Gasteiger partial charge in [0.05, 0.1) is 5.41 Å². The van der Waals surface area contributed by atoms with E-state index in [1.807, 2.05) is 80.2 Å². The molecule has 0 bridgehead atoms. The first-order valence-corrected chi connectivity index (χ1v) is 8.92. The minimum absolute atomic E-state index is 0.0206. The van der Waals surface area contributed by atoms with Crippen LogP contribution in [0.15, 0.2) is 54.6 Å². The number of hydrogen-bond acceptors (Lipinski definition) is 3. The van der Waals surface area contributed by atoms with Crippen LogP contribution in [-0.2, 0) is 10.2 Å². The summed E-state index contributed by atoms with van der Waals surface area (Å²) in [5.74, 6) is 2.96. The maximum Gasteiger partial charge on any atom is 0.234 e. The lowest BCUT2D eigenvalue weighted by Crippen LogP contribution is -2.34. The number of amides is 1. The van der Waals surface area contributed by atoms with E-state index in [0.29, 0.717) is 6.10 Å². The average molecular weight is 327 g/mol. The molecule has 3 rings (SSSR count). The van der Waals surface area contributed by atoms with E-state index < -0.39 is 5.41 Å². The molecular weight excluding hydrogens is 306 g/mol. The normalized spacial score (nSPS) is 14.9. The van der Waals surface area contributed by atoms with E-state index >= 15 is 0 Å². The van der Waals surface area contributed by atoms with E-state index in [2.05, 4.69) is 5.32 Å². The molecular formula is C19H21NO2S. The molecule has 4 heteroatoms. The molecule has 1 saturated heterocycles. The molecule has 1 heterocycles. The maximum atomic E-state index is 12.6. The summed E-state index contributed by atoms with van der Waals surface area (Å²) in [6, 6.07) is 17.4. The Morgan fingerprint density at radius 1 is 1.09 bits per heavy atom. The Bertz CT molecular complexity index is 664. The number of anilines is 1. The summed E-state index contributed by atoms with van der Waals surface area (Å²) in [6.45, 7) is 3.87. The van der Waals surface area contributed by atoms with Gasteiger partial charge in [0.25, 0.3) is 0 Å². The zero-order chi connectivity index (χ0) is 16.3. The van der Waals surface area contributed by atoms with E-state index in [1.165, 1.54) is 0 Å². The van der Waals surface area contributed by atoms with Gasteiger partial charge >= 0.3 is 0 Å². The largest absolute Gasteiger partial charge is 0.489 e. The van der Waals surface area contributed by atoms with Gasteiger partial charge in [0.2, 0.25) is 5.91 Å². The molecule has 1 amide bonds. The van der Waals surface area contributed by atoms with Crippen molar-refractivity contribution in [2.75, 3.05) is 16.8 Å². The predicted molar refractivity (Wildman–Crippen MR) is 96.3 cm³/mol. The highest BCUT2D eigenvalue weighted by atomic mass is 32.2. The maximum absolute atomic E-state index is 12.6. The standard InChI is InChI=1S/C19H21NO2S/c1-19(2,14-6-4-3-5-7-14)18(21)20-15-8-10-16(11-9-15)22-17-12-23-13-17/h3-11,17H,12-13H2,1-2H3,(H,20,21). The number of thioether (sulfide) groups is 1. The summed E-state index contributed by atoms with van der Waals surface area (Å²) >= 11 is 1.89. The number of carbonyl (C=O) groups excluding carboxylic acids is 1. The molecule has 120 valence electrons. The smallest absolute Gasteiger partial charge is 0.234 e. The first-order chi connectivity index (χ1) is 11.1. The summed E-state index contributed by atoms with van der Waals surface area (Å²) < 4.78 is 5.81.